The number of aliphatic hydroxyl groups is 2. The second-order valence-electron chi connectivity index (χ2n) is 16.7. The van der Waals surface area contributed by atoms with Crippen LogP contribution in [0.4, 0.5) is 4.79 Å². The fourth-order valence-corrected chi connectivity index (χ4v) is 8.46. The quantitative estimate of drug-likeness (QED) is 0.219. The Kier molecular flexibility index (Phi) is 16.2. The van der Waals surface area contributed by atoms with Gasteiger partial charge in [-0.2, -0.15) is 0 Å². The Labute approximate surface area is 347 Å². The number of aromatic nitrogens is 3. The molecule has 17 nitrogen and oxygen atoms in total. The van der Waals surface area contributed by atoms with E-state index in [0.29, 0.717) is 17.9 Å². The van der Waals surface area contributed by atoms with Gasteiger partial charge < -0.3 is 48.9 Å². The molecule has 0 aliphatic carbocycles. The zero-order chi connectivity index (χ0) is 44.0. The number of benzene rings is 1. The number of para-hydroxylation sites is 1. The smallest absolute Gasteiger partial charge is 0.407 e. The van der Waals surface area contributed by atoms with E-state index in [1.807, 2.05) is 50.2 Å². The van der Waals surface area contributed by atoms with E-state index >= 15 is 0 Å². The first kappa shape index (κ1) is 47.7. The Bertz CT molecular complexity index is 1750. The number of hydrogen-bond donors (Lipinski definition) is 3. The maximum absolute atomic E-state index is 14.4. The molecule has 4 rings (SSSR count). The van der Waals surface area contributed by atoms with Gasteiger partial charge in [-0.25, -0.2) is 4.79 Å². The highest BCUT2D eigenvalue weighted by Crippen LogP contribution is 2.39. The number of cyclic esters (lactones) is 1. The molecule has 2 aromatic rings. The summed E-state index contributed by atoms with van der Waals surface area (Å²) < 4.78 is 37.4. The summed E-state index contributed by atoms with van der Waals surface area (Å²) in [5.74, 6) is -5.49. The predicted molar refractivity (Wildman–Crippen MR) is 215 cm³/mol. The Morgan fingerprint density at radius 3 is 2.32 bits per heavy atom. The van der Waals surface area contributed by atoms with Gasteiger partial charge in [-0.1, -0.05) is 45.0 Å². The van der Waals surface area contributed by atoms with Gasteiger partial charge in [0.25, 0.3) is 0 Å². The molecule has 13 atom stereocenters. The minimum absolute atomic E-state index is 0.0102. The van der Waals surface area contributed by atoms with Crippen LogP contribution < -0.4 is 10.1 Å². The average molecular weight is 832 g/mol. The summed E-state index contributed by atoms with van der Waals surface area (Å²) in [6.07, 6.45) is -5.09. The third kappa shape index (κ3) is 10.9. The lowest BCUT2D eigenvalue weighted by atomic mass is 9.74. The number of rotatable bonds is 11. The van der Waals surface area contributed by atoms with Crippen LogP contribution in [-0.4, -0.2) is 143 Å². The van der Waals surface area contributed by atoms with E-state index in [2.05, 4.69) is 15.6 Å². The van der Waals surface area contributed by atoms with Crippen LogP contribution in [0.5, 0.6) is 5.75 Å². The highest BCUT2D eigenvalue weighted by atomic mass is 16.7. The number of carbonyl (C=O) groups is 4. The molecule has 1 aromatic heterocycles. The molecule has 2 aliphatic heterocycles. The predicted octanol–water partition coefficient (Wildman–Crippen LogP) is 3.42. The van der Waals surface area contributed by atoms with Crippen molar-refractivity contribution in [2.24, 2.45) is 23.7 Å². The van der Waals surface area contributed by atoms with Crippen LogP contribution in [0.25, 0.3) is 11.3 Å². The largest absolute Gasteiger partial charge is 0.496 e. The lowest BCUT2D eigenvalue weighted by molar-refractivity contribution is -0.295. The summed E-state index contributed by atoms with van der Waals surface area (Å²) in [6.45, 7) is 13.1. The zero-order valence-corrected chi connectivity index (χ0v) is 36.5. The van der Waals surface area contributed by atoms with Crippen molar-refractivity contribution in [1.29, 1.82) is 0 Å². The fourth-order valence-electron chi connectivity index (χ4n) is 8.46. The molecule has 1 amide bonds. The standard InChI is InChI=1S/C42H65N5O12/c1-13-32-42(8,53)37(59-40(52)43-18-19-47-22-29(44-45-47)28-16-14-15-17-31(28)54-11)25(4)33(48)23(2)21-41(7,55-12)36(26(5)34(49)27(6)38(51)57-32)58-39-35(50)30(46(9)10)20-24(3)56-39/h14-17,22-27,30,32,35-37,39,50,53H,13,18-21H2,1-12H3,(H,43,52)/t23-,24+,25+,26+,27-,30-,32-,35+,36-,37-,39-,41-,42-/m1/s1. The summed E-state index contributed by atoms with van der Waals surface area (Å²) in [5.41, 5.74) is -2.13. The van der Waals surface area contributed by atoms with Crippen molar-refractivity contribution in [3.8, 4) is 17.0 Å². The average Bonchev–Trinajstić information content (AvgIpc) is 3.68. The van der Waals surface area contributed by atoms with Crippen molar-refractivity contribution in [3.63, 3.8) is 0 Å². The molecule has 2 aliphatic rings. The van der Waals surface area contributed by atoms with Crippen molar-refractivity contribution in [3.05, 3.63) is 30.5 Å². The Morgan fingerprint density at radius 2 is 1.69 bits per heavy atom. The number of hydrogen-bond acceptors (Lipinski definition) is 15. The number of alkyl carbamates (subject to hydrolysis) is 1. The van der Waals surface area contributed by atoms with E-state index in [1.165, 1.54) is 25.6 Å². The number of ether oxygens (including phenoxy) is 6. The van der Waals surface area contributed by atoms with Gasteiger partial charge in [0.2, 0.25) is 0 Å². The number of esters is 1. The molecule has 0 bridgehead atoms. The molecule has 0 saturated carbocycles. The van der Waals surface area contributed by atoms with Crippen molar-refractivity contribution in [2.45, 2.75) is 135 Å². The van der Waals surface area contributed by atoms with E-state index in [-0.39, 0.29) is 38.1 Å². The number of nitrogens with zero attached hydrogens (tertiary/aromatic N) is 4. The topological polar surface area (TPSA) is 210 Å². The minimum Gasteiger partial charge on any atom is -0.496 e. The Balaban J connectivity index is 1.62. The van der Waals surface area contributed by atoms with Gasteiger partial charge in [0.1, 0.15) is 47.1 Å². The van der Waals surface area contributed by atoms with Crippen molar-refractivity contribution < 1.29 is 57.8 Å². The molecule has 2 fully saturated rings. The molecule has 330 valence electrons. The minimum atomic E-state index is -2.09. The van der Waals surface area contributed by atoms with Gasteiger partial charge in [-0.05, 0) is 73.2 Å². The number of likely N-dealkylation sites (N-methyl/N-ethyl adjacent to an activating group) is 1. The molecule has 3 heterocycles. The molecule has 17 heteroatoms. The maximum Gasteiger partial charge on any atom is 0.407 e. The molecular weight excluding hydrogens is 766 g/mol. The summed E-state index contributed by atoms with van der Waals surface area (Å²) in [6, 6.07) is 7.05. The van der Waals surface area contributed by atoms with Crippen LogP contribution >= 0.6 is 0 Å². The fraction of sp³-hybridized carbons (Fsp3) is 0.714. The number of Topliss-reactive ketones (excluding diaryl/α,β-unsaturated/α-hetero) is 2. The first-order valence-electron chi connectivity index (χ1n) is 20.4. The van der Waals surface area contributed by atoms with E-state index in [9.17, 15) is 29.4 Å². The summed E-state index contributed by atoms with van der Waals surface area (Å²) >= 11 is 0. The Hall–Kier alpha value is -4.00. The zero-order valence-electron chi connectivity index (χ0n) is 36.5. The van der Waals surface area contributed by atoms with Gasteiger partial charge in [-0.15, -0.1) is 5.10 Å². The van der Waals surface area contributed by atoms with Crippen molar-refractivity contribution >= 4 is 23.6 Å². The lowest BCUT2D eigenvalue weighted by Gasteiger charge is -2.47. The van der Waals surface area contributed by atoms with Crippen molar-refractivity contribution in [1.82, 2.24) is 25.2 Å². The number of aliphatic hydroxyl groups excluding tert-OH is 1. The summed E-state index contributed by atoms with van der Waals surface area (Å²) in [5, 5.41) is 34.6. The molecular formula is C42H65N5O12. The van der Waals surface area contributed by atoms with Gasteiger partial charge in [0.05, 0.1) is 43.6 Å². The number of carbonyl (C=O) groups excluding carboxylic acids is 4. The number of amides is 1. The van der Waals surface area contributed by atoms with E-state index in [4.69, 9.17) is 28.4 Å². The molecule has 3 N–H and O–H groups in total. The lowest BCUT2D eigenvalue weighted by Crippen LogP contribution is -2.60. The van der Waals surface area contributed by atoms with Gasteiger partial charge in [-0.3, -0.25) is 19.1 Å². The van der Waals surface area contributed by atoms with Crippen LogP contribution in [0, 0.1) is 23.7 Å². The first-order chi connectivity index (χ1) is 27.7. The third-order valence-electron chi connectivity index (χ3n) is 12.0. The van der Waals surface area contributed by atoms with Crippen LogP contribution in [0.15, 0.2) is 30.5 Å². The normalized spacial score (nSPS) is 35.2. The van der Waals surface area contributed by atoms with Gasteiger partial charge >= 0.3 is 12.1 Å². The molecule has 59 heavy (non-hydrogen) atoms. The van der Waals surface area contributed by atoms with Crippen LogP contribution in [-0.2, 0) is 44.6 Å². The van der Waals surface area contributed by atoms with Gasteiger partial charge in [0, 0.05) is 37.1 Å². The van der Waals surface area contributed by atoms with Crippen LogP contribution in [0.2, 0.25) is 0 Å². The maximum atomic E-state index is 14.4. The van der Waals surface area contributed by atoms with Gasteiger partial charge in [0.15, 0.2) is 12.1 Å². The van der Waals surface area contributed by atoms with Crippen LogP contribution in [0.3, 0.4) is 0 Å². The molecule has 1 aromatic carbocycles. The summed E-state index contributed by atoms with van der Waals surface area (Å²) in [7, 11) is 6.69. The molecule has 2 saturated heterocycles. The van der Waals surface area contributed by atoms with E-state index in [0.717, 1.165) is 5.56 Å². The third-order valence-corrected chi connectivity index (χ3v) is 12.0. The molecule has 0 unspecified atom stereocenters. The second kappa shape index (κ2) is 20.0. The number of nitrogens with one attached hydrogen (secondary N) is 1. The van der Waals surface area contributed by atoms with Crippen LogP contribution in [0.1, 0.15) is 74.7 Å². The second-order valence-corrected chi connectivity index (χ2v) is 16.7. The van der Waals surface area contributed by atoms with E-state index in [1.54, 1.807) is 47.9 Å². The molecule has 0 radical (unpaired) electrons. The summed E-state index contributed by atoms with van der Waals surface area (Å²) in [4.78, 5) is 57.7. The van der Waals surface area contributed by atoms with E-state index < -0.39 is 89.2 Å². The SMILES string of the molecule is CC[C@H]1OC(=O)[C@H](C)C(=O)[C@H](C)[C@@H](O[C@H]2O[C@@H](C)C[C@@H](N(C)C)[C@@H]2O)[C@](C)(OC)C[C@@H](C)C(=O)[C@H](C)[C@@H](OC(=O)NCCn2cc(-c3ccccc3OC)nn2)[C@]1(C)O. The highest BCUT2D eigenvalue weighted by Gasteiger charge is 2.53. The highest BCUT2D eigenvalue weighted by molar-refractivity contribution is 6.00. The molecule has 0 spiro atoms. The Morgan fingerprint density at radius 1 is 1.03 bits per heavy atom. The van der Waals surface area contributed by atoms with Crippen molar-refractivity contribution in [2.75, 3.05) is 34.9 Å². The number of methoxy groups -OCH3 is 2. The number of ketones is 2. The first-order valence-corrected chi connectivity index (χ1v) is 20.4. The monoisotopic (exact) mass is 831 g/mol.